The highest BCUT2D eigenvalue weighted by Gasteiger charge is 2.11. The second-order valence-electron chi connectivity index (χ2n) is 2.92. The Morgan fingerprint density at radius 2 is 2.27 bits per heavy atom. The summed E-state index contributed by atoms with van der Waals surface area (Å²) in [5.41, 5.74) is 0.318. The predicted molar refractivity (Wildman–Crippen MR) is 50.7 cm³/mol. The molecular weight excluding hydrogens is 200 g/mol. The normalized spacial score (nSPS) is 10.4. The van der Waals surface area contributed by atoms with Gasteiger partial charge in [0.15, 0.2) is 0 Å². The summed E-state index contributed by atoms with van der Waals surface area (Å²) in [6.07, 6.45) is 0. The number of carboxylic acids is 1. The minimum absolute atomic E-state index is 0.0883. The first-order valence-corrected chi connectivity index (χ1v) is 4.00. The molecule has 0 atom stereocenters. The Balaban J connectivity index is 2.62. The number of fused-ring (bicyclic) bond motifs is 1. The van der Waals surface area contributed by atoms with Crippen LogP contribution in [0.5, 0.6) is 0 Å². The van der Waals surface area contributed by atoms with Crippen LogP contribution < -0.4 is 0 Å². The van der Waals surface area contributed by atoms with Crippen molar-refractivity contribution >= 4 is 22.6 Å². The maximum Gasteiger partial charge on any atom is 0.352 e. The fraction of sp³-hybridized carbons (Fsp3) is 0. The van der Waals surface area contributed by atoms with Crippen molar-refractivity contribution in [3.05, 3.63) is 40.1 Å². The number of nitro groups is 1. The number of nitrogens with zero attached hydrogens (tertiary/aromatic N) is 1. The van der Waals surface area contributed by atoms with Crippen LogP contribution in [0, 0.1) is 16.2 Å². The van der Waals surface area contributed by atoms with Crippen LogP contribution in [0.4, 0.5) is 5.69 Å². The molecule has 0 saturated carbocycles. The summed E-state index contributed by atoms with van der Waals surface area (Å²) in [4.78, 5) is 23.1. The Morgan fingerprint density at radius 3 is 2.87 bits per heavy atom. The molecule has 15 heavy (non-hydrogen) atoms. The van der Waals surface area contributed by atoms with Gasteiger partial charge in [-0.25, -0.2) is 4.79 Å². The zero-order valence-electron chi connectivity index (χ0n) is 7.35. The number of rotatable bonds is 2. The molecule has 2 N–H and O–H groups in total. The van der Waals surface area contributed by atoms with Crippen molar-refractivity contribution in [2.45, 2.75) is 0 Å². The van der Waals surface area contributed by atoms with Gasteiger partial charge in [0.2, 0.25) is 0 Å². The van der Waals surface area contributed by atoms with E-state index in [-0.39, 0.29) is 11.4 Å². The number of carboxylic acid groups (broad SMARTS) is 1. The number of carbonyl (C=O) groups is 1. The van der Waals surface area contributed by atoms with Crippen molar-refractivity contribution < 1.29 is 14.8 Å². The molecule has 6 nitrogen and oxygen atoms in total. The predicted octanol–water partition coefficient (Wildman–Crippen LogP) is 1.57. The van der Waals surface area contributed by atoms with Crippen molar-refractivity contribution in [2.75, 3.05) is 0 Å². The van der Waals surface area contributed by atoms with E-state index in [1.54, 1.807) is 0 Å². The zero-order valence-corrected chi connectivity index (χ0v) is 7.35. The van der Waals surface area contributed by atoms with Crippen LogP contribution in [0.3, 0.4) is 0 Å². The number of aromatic carboxylic acids is 1. The quantitative estimate of drug-likeness (QED) is 0.574. The molecule has 0 saturated heterocycles. The maximum atomic E-state index is 10.6. The smallest absolute Gasteiger partial charge is 0.352 e. The molecule has 0 aliphatic carbocycles. The van der Waals surface area contributed by atoms with Crippen LogP contribution in [-0.4, -0.2) is 21.0 Å². The molecule has 75 valence electrons. The summed E-state index contributed by atoms with van der Waals surface area (Å²) < 4.78 is 0. The summed E-state index contributed by atoms with van der Waals surface area (Å²) in [5.74, 6) is -1.14. The van der Waals surface area contributed by atoms with Crippen LogP contribution in [-0.2, 0) is 0 Å². The SMILES string of the molecule is O=C(O)c1[c]c2cc([N+](=O)[O-])ccc2[nH]1. The van der Waals surface area contributed by atoms with Gasteiger partial charge in [0.1, 0.15) is 5.69 Å². The van der Waals surface area contributed by atoms with Crippen LogP contribution in [0.2, 0.25) is 0 Å². The number of hydrogen-bond donors (Lipinski definition) is 2. The lowest BCUT2D eigenvalue weighted by Gasteiger charge is -1.90. The summed E-state index contributed by atoms with van der Waals surface area (Å²) in [6.45, 7) is 0. The van der Waals surface area contributed by atoms with Crippen molar-refractivity contribution in [3.63, 3.8) is 0 Å². The summed E-state index contributed by atoms with van der Waals surface area (Å²) in [6, 6.07) is 6.57. The third kappa shape index (κ3) is 1.52. The molecule has 0 bridgehead atoms. The lowest BCUT2D eigenvalue weighted by Crippen LogP contribution is -1.94. The average molecular weight is 205 g/mol. The van der Waals surface area contributed by atoms with Crippen molar-refractivity contribution in [1.29, 1.82) is 0 Å². The third-order valence-electron chi connectivity index (χ3n) is 1.95. The summed E-state index contributed by atoms with van der Waals surface area (Å²) in [5, 5.41) is 19.5. The number of non-ortho nitro benzene ring substituents is 1. The number of H-pyrrole nitrogens is 1. The first-order chi connectivity index (χ1) is 7.08. The van der Waals surface area contributed by atoms with Gasteiger partial charge in [-0.15, -0.1) is 0 Å². The molecule has 1 aromatic carbocycles. The molecule has 2 rings (SSSR count). The number of aromatic amines is 1. The second-order valence-corrected chi connectivity index (χ2v) is 2.92. The number of nitrogens with one attached hydrogen (secondary N) is 1. The lowest BCUT2D eigenvalue weighted by atomic mass is 10.2. The average Bonchev–Trinajstić information content (AvgIpc) is 2.59. The van der Waals surface area contributed by atoms with Gasteiger partial charge in [-0.1, -0.05) is 0 Å². The lowest BCUT2D eigenvalue weighted by molar-refractivity contribution is -0.384. The number of nitro benzene ring substituents is 1. The van der Waals surface area contributed by atoms with Gasteiger partial charge in [-0.2, -0.15) is 0 Å². The number of benzene rings is 1. The van der Waals surface area contributed by atoms with Crippen LogP contribution in [0.1, 0.15) is 10.5 Å². The van der Waals surface area contributed by atoms with Gasteiger partial charge in [0.25, 0.3) is 5.69 Å². The third-order valence-corrected chi connectivity index (χ3v) is 1.95. The van der Waals surface area contributed by atoms with Gasteiger partial charge in [-0.05, 0) is 6.07 Å². The molecule has 2 aromatic rings. The van der Waals surface area contributed by atoms with E-state index in [2.05, 4.69) is 11.1 Å². The molecular formula is C9H5N2O4. The van der Waals surface area contributed by atoms with Crippen LogP contribution >= 0.6 is 0 Å². The molecule has 0 fully saturated rings. The van der Waals surface area contributed by atoms with Gasteiger partial charge in [0.05, 0.1) is 4.92 Å². The van der Waals surface area contributed by atoms with Crippen LogP contribution in [0.15, 0.2) is 18.2 Å². The van der Waals surface area contributed by atoms with E-state index in [1.807, 2.05) is 0 Å². The molecule has 0 amide bonds. The minimum atomic E-state index is -1.14. The Kier molecular flexibility index (Phi) is 1.89. The maximum absolute atomic E-state index is 10.6. The van der Waals surface area contributed by atoms with Crippen molar-refractivity contribution in [2.24, 2.45) is 0 Å². The van der Waals surface area contributed by atoms with Crippen molar-refractivity contribution in [3.8, 4) is 0 Å². The van der Waals surface area contributed by atoms with Crippen molar-refractivity contribution in [1.82, 2.24) is 4.98 Å². The number of hydrogen-bond acceptors (Lipinski definition) is 3. The van der Waals surface area contributed by atoms with E-state index in [1.165, 1.54) is 18.2 Å². The highest BCUT2D eigenvalue weighted by molar-refractivity contribution is 5.93. The van der Waals surface area contributed by atoms with E-state index in [0.717, 1.165) is 0 Å². The Bertz CT molecular complexity index is 546. The molecule has 1 heterocycles. The fourth-order valence-electron chi connectivity index (χ4n) is 1.27. The standard InChI is InChI=1S/C9H5N2O4/c12-9(13)8-4-5-3-6(11(14)15)1-2-7(5)10-8/h1-3,10H,(H,12,13). The second kappa shape index (κ2) is 3.09. The van der Waals surface area contributed by atoms with Gasteiger partial charge in [-0.3, -0.25) is 10.1 Å². The zero-order chi connectivity index (χ0) is 11.0. The van der Waals surface area contributed by atoms with E-state index >= 15 is 0 Å². The van der Waals surface area contributed by atoms with Gasteiger partial charge in [0, 0.05) is 29.1 Å². The summed E-state index contributed by atoms with van der Waals surface area (Å²) in [7, 11) is 0. The summed E-state index contributed by atoms with van der Waals surface area (Å²) >= 11 is 0. The molecule has 0 spiro atoms. The van der Waals surface area contributed by atoms with E-state index < -0.39 is 10.9 Å². The van der Waals surface area contributed by atoms with E-state index in [4.69, 9.17) is 5.11 Å². The monoisotopic (exact) mass is 205 g/mol. The molecule has 1 aromatic heterocycles. The van der Waals surface area contributed by atoms with E-state index in [0.29, 0.717) is 10.9 Å². The Labute approximate surface area is 83.3 Å². The Hall–Kier alpha value is -2.37. The molecule has 1 radical (unpaired) electrons. The minimum Gasteiger partial charge on any atom is -0.477 e. The highest BCUT2D eigenvalue weighted by atomic mass is 16.6. The van der Waals surface area contributed by atoms with Crippen LogP contribution in [0.25, 0.3) is 10.9 Å². The van der Waals surface area contributed by atoms with Gasteiger partial charge >= 0.3 is 5.97 Å². The van der Waals surface area contributed by atoms with E-state index in [9.17, 15) is 14.9 Å². The topological polar surface area (TPSA) is 96.2 Å². The molecule has 0 aliphatic heterocycles. The fourth-order valence-corrected chi connectivity index (χ4v) is 1.27. The molecule has 6 heteroatoms. The largest absolute Gasteiger partial charge is 0.477 e. The first-order valence-electron chi connectivity index (χ1n) is 4.00. The number of aromatic nitrogens is 1. The highest BCUT2D eigenvalue weighted by Crippen LogP contribution is 2.20. The molecule has 0 unspecified atom stereocenters. The first kappa shape index (κ1) is 9.20. The molecule has 0 aliphatic rings. The Morgan fingerprint density at radius 1 is 1.53 bits per heavy atom. The van der Waals surface area contributed by atoms with Gasteiger partial charge < -0.3 is 10.1 Å².